The molecule has 0 aromatic heterocycles. The number of hydrogen-bond acceptors (Lipinski definition) is 4. The fraction of sp³-hybridized carbons (Fsp3) is 0.455. The van der Waals surface area contributed by atoms with Gasteiger partial charge in [0, 0.05) is 18.2 Å². The molecule has 0 aliphatic heterocycles. The maximum Gasteiger partial charge on any atom is 0.272 e. The molecule has 0 aliphatic carbocycles. The maximum atomic E-state index is 10.6. The molecule has 7 heteroatoms. The summed E-state index contributed by atoms with van der Waals surface area (Å²) in [6.45, 7) is 2.02. The van der Waals surface area contributed by atoms with Gasteiger partial charge in [-0.15, -0.1) is 0 Å². The Kier molecular flexibility index (Phi) is 6.05. The summed E-state index contributed by atoms with van der Waals surface area (Å²) >= 11 is 13.8. The van der Waals surface area contributed by atoms with E-state index in [0.29, 0.717) is 5.69 Å². The predicted octanol–water partition coefficient (Wildman–Crippen LogP) is 4.46. The summed E-state index contributed by atoms with van der Waals surface area (Å²) in [5.41, 5.74) is 0.449. The van der Waals surface area contributed by atoms with Crippen molar-refractivity contribution in [3.05, 3.63) is 32.3 Å². The zero-order valence-corrected chi connectivity index (χ0v) is 12.4. The van der Waals surface area contributed by atoms with E-state index >= 15 is 0 Å². The molecule has 1 N–H and O–H groups in total. The maximum absolute atomic E-state index is 10.6. The lowest BCUT2D eigenvalue weighted by Gasteiger charge is -2.16. The van der Waals surface area contributed by atoms with Crippen LogP contribution in [0, 0.1) is 10.1 Å². The highest BCUT2D eigenvalue weighted by Crippen LogP contribution is 2.35. The highest BCUT2D eigenvalue weighted by molar-refractivity contribution is 7.98. The Hall–Kier alpha value is -0.650. The molecule has 0 saturated carbocycles. The minimum Gasteiger partial charge on any atom is -0.380 e. The van der Waals surface area contributed by atoms with Gasteiger partial charge in [-0.25, -0.2) is 0 Å². The summed E-state index contributed by atoms with van der Waals surface area (Å²) in [6.07, 6.45) is 3.00. The molecule has 18 heavy (non-hydrogen) atoms. The fourth-order valence-corrected chi connectivity index (χ4v) is 2.59. The Balaban J connectivity index is 2.86. The van der Waals surface area contributed by atoms with Crippen molar-refractivity contribution in [3.8, 4) is 0 Å². The van der Waals surface area contributed by atoms with Gasteiger partial charge in [0.25, 0.3) is 5.69 Å². The molecule has 4 nitrogen and oxygen atoms in total. The van der Waals surface area contributed by atoms with Gasteiger partial charge in [-0.1, -0.05) is 23.2 Å². The number of nitro benzene ring substituents is 1. The number of halogens is 2. The van der Waals surface area contributed by atoms with E-state index in [0.717, 1.165) is 12.2 Å². The van der Waals surface area contributed by atoms with Crippen LogP contribution in [0.3, 0.4) is 0 Å². The molecule has 0 saturated heterocycles. The van der Waals surface area contributed by atoms with Gasteiger partial charge in [0.05, 0.1) is 20.7 Å². The van der Waals surface area contributed by atoms with Crippen molar-refractivity contribution in [1.82, 2.24) is 0 Å². The van der Waals surface area contributed by atoms with Crippen molar-refractivity contribution in [1.29, 1.82) is 0 Å². The summed E-state index contributed by atoms with van der Waals surface area (Å²) in [5, 5.41) is 14.4. The first-order valence-corrected chi connectivity index (χ1v) is 7.49. The van der Waals surface area contributed by atoms with Crippen molar-refractivity contribution < 1.29 is 4.92 Å². The van der Waals surface area contributed by atoms with E-state index in [9.17, 15) is 10.1 Å². The molecule has 0 heterocycles. The summed E-state index contributed by atoms with van der Waals surface area (Å²) in [6, 6.07) is 2.81. The van der Waals surface area contributed by atoms with Gasteiger partial charge in [0.15, 0.2) is 0 Å². The zero-order chi connectivity index (χ0) is 13.7. The first kappa shape index (κ1) is 15.4. The molecule has 1 unspecified atom stereocenters. The van der Waals surface area contributed by atoms with Crippen LogP contribution < -0.4 is 5.32 Å². The summed E-state index contributed by atoms with van der Waals surface area (Å²) in [7, 11) is 0. The van der Waals surface area contributed by atoms with Crippen molar-refractivity contribution >= 4 is 46.3 Å². The Morgan fingerprint density at radius 2 is 2.00 bits per heavy atom. The molecule has 1 rings (SSSR count). The molecule has 0 bridgehead atoms. The monoisotopic (exact) mass is 308 g/mol. The molecule has 1 atom stereocenters. The molecule has 0 spiro atoms. The van der Waals surface area contributed by atoms with Gasteiger partial charge in [0.1, 0.15) is 0 Å². The third-order valence-electron chi connectivity index (χ3n) is 2.38. The average Bonchev–Trinajstić information content (AvgIpc) is 2.30. The number of anilines is 1. The first-order chi connectivity index (χ1) is 8.45. The standard InChI is InChI=1S/C11H14Cl2N2O2S/c1-7(3-4-18-2)14-11-9(12)5-8(15(16)17)6-10(11)13/h5-7,14H,3-4H2,1-2H3. The Morgan fingerprint density at radius 3 is 2.44 bits per heavy atom. The number of benzene rings is 1. The second-order valence-corrected chi connectivity index (χ2v) is 5.67. The predicted molar refractivity (Wildman–Crippen MR) is 79.2 cm³/mol. The highest BCUT2D eigenvalue weighted by atomic mass is 35.5. The number of thioether (sulfide) groups is 1. The van der Waals surface area contributed by atoms with E-state index < -0.39 is 4.92 Å². The van der Waals surface area contributed by atoms with E-state index in [1.54, 1.807) is 11.8 Å². The molecule has 0 aliphatic rings. The minimum atomic E-state index is -0.515. The third kappa shape index (κ3) is 4.23. The van der Waals surface area contributed by atoms with E-state index in [-0.39, 0.29) is 21.8 Å². The normalized spacial score (nSPS) is 12.2. The van der Waals surface area contributed by atoms with E-state index in [2.05, 4.69) is 5.32 Å². The SMILES string of the molecule is CSCCC(C)Nc1c(Cl)cc([N+](=O)[O-])cc1Cl. The number of nitrogens with one attached hydrogen (secondary N) is 1. The lowest BCUT2D eigenvalue weighted by atomic mass is 10.2. The number of rotatable bonds is 6. The summed E-state index contributed by atoms with van der Waals surface area (Å²) in [4.78, 5) is 10.1. The highest BCUT2D eigenvalue weighted by Gasteiger charge is 2.15. The van der Waals surface area contributed by atoms with Crippen LogP contribution in [0.25, 0.3) is 0 Å². The van der Waals surface area contributed by atoms with E-state index in [1.807, 2.05) is 13.2 Å². The van der Waals surface area contributed by atoms with Gasteiger partial charge in [-0.05, 0) is 25.4 Å². The molecule has 100 valence electrons. The Labute approximate surface area is 120 Å². The average molecular weight is 309 g/mol. The van der Waals surface area contributed by atoms with Crippen LogP contribution in [0.15, 0.2) is 12.1 Å². The van der Waals surface area contributed by atoms with Crippen LogP contribution in [-0.4, -0.2) is 23.0 Å². The van der Waals surface area contributed by atoms with Gasteiger partial charge < -0.3 is 5.32 Å². The molecule has 0 amide bonds. The number of nitro groups is 1. The van der Waals surface area contributed by atoms with Gasteiger partial charge in [-0.3, -0.25) is 10.1 Å². The Bertz CT molecular complexity index is 420. The molecule has 1 aromatic carbocycles. The quantitative estimate of drug-likeness (QED) is 0.623. The van der Waals surface area contributed by atoms with Gasteiger partial charge in [0.2, 0.25) is 0 Å². The lowest BCUT2D eigenvalue weighted by molar-refractivity contribution is -0.384. The number of nitrogens with zero attached hydrogens (tertiary/aromatic N) is 1. The molecule has 1 aromatic rings. The summed E-state index contributed by atoms with van der Waals surface area (Å²) in [5.74, 6) is 1.02. The molecule has 0 radical (unpaired) electrons. The minimum absolute atomic E-state index is 0.104. The second kappa shape index (κ2) is 7.07. The third-order valence-corrected chi connectivity index (χ3v) is 3.62. The number of hydrogen-bond donors (Lipinski definition) is 1. The largest absolute Gasteiger partial charge is 0.380 e. The smallest absolute Gasteiger partial charge is 0.272 e. The van der Waals surface area contributed by atoms with Crippen molar-refractivity contribution in [2.45, 2.75) is 19.4 Å². The molecular formula is C11H14Cl2N2O2S. The number of non-ortho nitro benzene ring substituents is 1. The van der Waals surface area contributed by atoms with Crippen LogP contribution in [0.2, 0.25) is 10.0 Å². The van der Waals surface area contributed by atoms with Crippen LogP contribution >= 0.6 is 35.0 Å². The van der Waals surface area contributed by atoms with Crippen molar-refractivity contribution in [2.75, 3.05) is 17.3 Å². The van der Waals surface area contributed by atoms with Crippen LogP contribution in [0.4, 0.5) is 11.4 Å². The first-order valence-electron chi connectivity index (χ1n) is 5.34. The fourth-order valence-electron chi connectivity index (χ4n) is 1.42. The van der Waals surface area contributed by atoms with Crippen LogP contribution in [0.1, 0.15) is 13.3 Å². The molecule has 0 fully saturated rings. The van der Waals surface area contributed by atoms with Gasteiger partial charge in [-0.2, -0.15) is 11.8 Å². The molecular weight excluding hydrogens is 295 g/mol. The van der Waals surface area contributed by atoms with E-state index in [1.165, 1.54) is 12.1 Å². The van der Waals surface area contributed by atoms with E-state index in [4.69, 9.17) is 23.2 Å². The van der Waals surface area contributed by atoms with Crippen molar-refractivity contribution in [2.24, 2.45) is 0 Å². The Morgan fingerprint density at radius 1 is 1.44 bits per heavy atom. The second-order valence-electron chi connectivity index (χ2n) is 3.87. The van der Waals surface area contributed by atoms with Crippen LogP contribution in [0.5, 0.6) is 0 Å². The van der Waals surface area contributed by atoms with Gasteiger partial charge >= 0.3 is 0 Å². The van der Waals surface area contributed by atoms with Crippen molar-refractivity contribution in [3.63, 3.8) is 0 Å². The zero-order valence-electron chi connectivity index (χ0n) is 10.1. The summed E-state index contributed by atoms with van der Waals surface area (Å²) < 4.78 is 0. The lowest BCUT2D eigenvalue weighted by Crippen LogP contribution is -2.16. The van der Waals surface area contributed by atoms with Crippen LogP contribution in [-0.2, 0) is 0 Å². The topological polar surface area (TPSA) is 55.2 Å².